The van der Waals surface area contributed by atoms with E-state index in [0.717, 1.165) is 17.9 Å². The minimum absolute atomic E-state index is 0.0132. The third-order valence-corrected chi connectivity index (χ3v) is 4.82. The van der Waals surface area contributed by atoms with Crippen LogP contribution in [0.5, 0.6) is 0 Å². The van der Waals surface area contributed by atoms with Crippen molar-refractivity contribution < 1.29 is 14.5 Å². The van der Waals surface area contributed by atoms with Crippen LogP contribution in [-0.4, -0.2) is 43.5 Å². The number of amides is 2. The summed E-state index contributed by atoms with van der Waals surface area (Å²) in [5.74, 6) is 1.29. The van der Waals surface area contributed by atoms with Crippen LogP contribution in [-0.2, 0) is 9.59 Å². The van der Waals surface area contributed by atoms with E-state index in [1.807, 2.05) is 20.8 Å². The van der Waals surface area contributed by atoms with Gasteiger partial charge in [-0.05, 0) is 39.0 Å². The van der Waals surface area contributed by atoms with Crippen LogP contribution in [0.3, 0.4) is 0 Å². The van der Waals surface area contributed by atoms with Gasteiger partial charge in [0.15, 0.2) is 13.1 Å². The average molecular weight is 312 g/mol. The van der Waals surface area contributed by atoms with Crippen molar-refractivity contribution in [2.45, 2.75) is 66.0 Å². The molecule has 5 heteroatoms. The van der Waals surface area contributed by atoms with Crippen molar-refractivity contribution >= 4 is 11.8 Å². The number of rotatable bonds is 7. The Balaban J connectivity index is 2.42. The monoisotopic (exact) mass is 312 g/mol. The Labute approximate surface area is 135 Å². The average Bonchev–Trinajstić information content (AvgIpc) is 2.42. The molecule has 1 aliphatic carbocycles. The van der Waals surface area contributed by atoms with Crippen LogP contribution in [0.4, 0.5) is 0 Å². The van der Waals surface area contributed by atoms with E-state index < -0.39 is 0 Å². The highest BCUT2D eigenvalue weighted by atomic mass is 16.2. The second-order valence-corrected chi connectivity index (χ2v) is 7.12. The first-order chi connectivity index (χ1) is 10.3. The molecule has 0 radical (unpaired) electrons. The molecule has 0 aromatic carbocycles. The minimum atomic E-state index is 0.0132. The van der Waals surface area contributed by atoms with Crippen molar-refractivity contribution in [1.29, 1.82) is 0 Å². The van der Waals surface area contributed by atoms with E-state index >= 15 is 0 Å². The maximum Gasteiger partial charge on any atom is 0.275 e. The maximum absolute atomic E-state index is 12.3. The summed E-state index contributed by atoms with van der Waals surface area (Å²) in [5.41, 5.74) is 0. The number of hydrogen-bond donors (Lipinski definition) is 3. The summed E-state index contributed by atoms with van der Waals surface area (Å²) < 4.78 is 0. The van der Waals surface area contributed by atoms with Crippen LogP contribution >= 0.6 is 0 Å². The largest absolute Gasteiger partial charge is 0.349 e. The zero-order valence-corrected chi connectivity index (χ0v) is 14.9. The van der Waals surface area contributed by atoms with Crippen LogP contribution < -0.4 is 15.5 Å². The molecular formula is C17H34N3O2+. The number of carbonyl (C=O) groups is 2. The van der Waals surface area contributed by atoms with Gasteiger partial charge in [-0.3, -0.25) is 9.59 Å². The first-order valence-electron chi connectivity index (χ1n) is 8.75. The van der Waals surface area contributed by atoms with Crippen LogP contribution in [0.2, 0.25) is 0 Å². The highest BCUT2D eigenvalue weighted by Crippen LogP contribution is 2.29. The second-order valence-electron chi connectivity index (χ2n) is 7.12. The minimum Gasteiger partial charge on any atom is -0.349 e. The Bertz CT molecular complexity index is 371. The standard InChI is InChI=1S/C17H33N3O2/c1-6-20(10-16(21)18-12(2)3)11-17(22)19-15-9-7-8-13(4)14(15)5/h12-15H,6-11H2,1-5H3,(H,18,21)(H,19,22)/p+1/t13-,14-,15-/m0/s1. The van der Waals surface area contributed by atoms with Gasteiger partial charge in [-0.15, -0.1) is 0 Å². The molecule has 1 rings (SSSR count). The van der Waals surface area contributed by atoms with Gasteiger partial charge in [-0.1, -0.05) is 26.7 Å². The fraction of sp³-hybridized carbons (Fsp3) is 0.882. The van der Waals surface area contributed by atoms with E-state index in [9.17, 15) is 9.59 Å². The molecule has 0 aliphatic heterocycles. The molecule has 2 amide bonds. The summed E-state index contributed by atoms with van der Waals surface area (Å²) in [5, 5.41) is 6.07. The lowest BCUT2D eigenvalue weighted by Crippen LogP contribution is -3.14. The van der Waals surface area contributed by atoms with Crippen molar-refractivity contribution in [3.05, 3.63) is 0 Å². The molecular weight excluding hydrogens is 278 g/mol. The molecule has 0 bridgehead atoms. The summed E-state index contributed by atoms with van der Waals surface area (Å²) >= 11 is 0. The van der Waals surface area contributed by atoms with Gasteiger partial charge in [-0.25, -0.2) is 0 Å². The van der Waals surface area contributed by atoms with Crippen molar-refractivity contribution in [2.24, 2.45) is 11.8 Å². The van der Waals surface area contributed by atoms with Gasteiger partial charge >= 0.3 is 0 Å². The summed E-state index contributed by atoms with van der Waals surface area (Å²) in [6, 6.07) is 0.433. The first-order valence-corrected chi connectivity index (χ1v) is 8.75. The van der Waals surface area contributed by atoms with Crippen LogP contribution in [0.25, 0.3) is 0 Å². The summed E-state index contributed by atoms with van der Waals surface area (Å²) in [7, 11) is 0. The SMILES string of the molecule is CC[NH+](CC(=O)NC(C)C)CC(=O)N[C@H]1CCC[C@H](C)[C@@H]1C. The zero-order valence-electron chi connectivity index (χ0n) is 14.9. The molecule has 0 heterocycles. The Morgan fingerprint density at radius 1 is 1.14 bits per heavy atom. The molecule has 1 unspecified atom stereocenters. The molecule has 1 aliphatic rings. The number of likely N-dealkylation sites (N-methyl/N-ethyl adjacent to an activating group) is 1. The van der Waals surface area contributed by atoms with Crippen molar-refractivity contribution in [2.75, 3.05) is 19.6 Å². The first kappa shape index (κ1) is 18.9. The van der Waals surface area contributed by atoms with Gasteiger partial charge in [0.25, 0.3) is 11.8 Å². The molecule has 0 spiro atoms. The lowest BCUT2D eigenvalue weighted by atomic mass is 9.78. The molecule has 22 heavy (non-hydrogen) atoms. The van der Waals surface area contributed by atoms with E-state index in [4.69, 9.17) is 0 Å². The van der Waals surface area contributed by atoms with E-state index in [0.29, 0.717) is 31.0 Å². The lowest BCUT2D eigenvalue weighted by molar-refractivity contribution is -0.881. The van der Waals surface area contributed by atoms with E-state index in [1.165, 1.54) is 12.8 Å². The highest BCUT2D eigenvalue weighted by molar-refractivity contribution is 5.79. The quantitative estimate of drug-likeness (QED) is 0.635. The predicted molar refractivity (Wildman–Crippen MR) is 88.6 cm³/mol. The van der Waals surface area contributed by atoms with Crippen LogP contribution in [0.15, 0.2) is 0 Å². The van der Waals surface area contributed by atoms with Crippen molar-refractivity contribution in [3.8, 4) is 0 Å². The van der Waals surface area contributed by atoms with E-state index in [1.54, 1.807) is 0 Å². The molecule has 0 aromatic heterocycles. The molecule has 1 saturated carbocycles. The third kappa shape index (κ3) is 6.34. The van der Waals surface area contributed by atoms with Crippen molar-refractivity contribution in [3.63, 3.8) is 0 Å². The summed E-state index contributed by atoms with van der Waals surface area (Å²) in [4.78, 5) is 25.1. The van der Waals surface area contributed by atoms with Gasteiger partial charge < -0.3 is 15.5 Å². The zero-order chi connectivity index (χ0) is 16.7. The fourth-order valence-electron chi connectivity index (χ4n) is 3.18. The van der Waals surface area contributed by atoms with Gasteiger partial charge in [0, 0.05) is 12.1 Å². The summed E-state index contributed by atoms with van der Waals surface area (Å²) in [6.07, 6.45) is 3.53. The summed E-state index contributed by atoms with van der Waals surface area (Å²) in [6.45, 7) is 11.9. The van der Waals surface area contributed by atoms with Gasteiger partial charge in [0.1, 0.15) is 0 Å². The Kier molecular flexibility index (Phi) is 7.87. The predicted octanol–water partition coefficient (Wildman–Crippen LogP) is 0.357. The molecule has 0 saturated heterocycles. The molecule has 0 aromatic rings. The molecule has 128 valence electrons. The maximum atomic E-state index is 12.3. The Morgan fingerprint density at radius 2 is 1.77 bits per heavy atom. The number of carbonyl (C=O) groups excluding carboxylic acids is 2. The molecule has 5 nitrogen and oxygen atoms in total. The molecule has 3 N–H and O–H groups in total. The van der Waals surface area contributed by atoms with Gasteiger partial charge in [-0.2, -0.15) is 0 Å². The third-order valence-electron chi connectivity index (χ3n) is 4.82. The second kappa shape index (κ2) is 9.13. The molecule has 1 fully saturated rings. The van der Waals surface area contributed by atoms with Gasteiger partial charge in [0.05, 0.1) is 6.54 Å². The Hall–Kier alpha value is -1.10. The van der Waals surface area contributed by atoms with Crippen molar-refractivity contribution in [1.82, 2.24) is 10.6 Å². The number of nitrogens with one attached hydrogen (secondary N) is 3. The van der Waals surface area contributed by atoms with E-state index in [-0.39, 0.29) is 17.9 Å². The number of quaternary nitrogens is 1. The smallest absolute Gasteiger partial charge is 0.275 e. The van der Waals surface area contributed by atoms with E-state index in [2.05, 4.69) is 24.5 Å². The molecule has 4 atom stereocenters. The lowest BCUT2D eigenvalue weighted by Gasteiger charge is -2.34. The highest BCUT2D eigenvalue weighted by Gasteiger charge is 2.29. The van der Waals surface area contributed by atoms with Crippen LogP contribution in [0, 0.1) is 11.8 Å². The number of hydrogen-bond acceptors (Lipinski definition) is 2. The topological polar surface area (TPSA) is 62.6 Å². The van der Waals surface area contributed by atoms with Crippen LogP contribution in [0.1, 0.15) is 53.9 Å². The fourth-order valence-corrected chi connectivity index (χ4v) is 3.18. The normalized spacial score (nSPS) is 26.5. The van der Waals surface area contributed by atoms with Gasteiger partial charge in [0.2, 0.25) is 0 Å². The Morgan fingerprint density at radius 3 is 2.36 bits per heavy atom.